The molecule has 1 N–H and O–H groups in total. The molecule has 0 radical (unpaired) electrons. The zero-order valence-corrected chi connectivity index (χ0v) is 14.5. The molecule has 140 valence electrons. The molecule has 0 atom stereocenters. The predicted octanol–water partition coefficient (Wildman–Crippen LogP) is 3.38. The van der Waals surface area contributed by atoms with Gasteiger partial charge in [-0.25, -0.2) is 0 Å². The molecule has 1 amide bonds. The van der Waals surface area contributed by atoms with Gasteiger partial charge in [-0.3, -0.25) is 14.9 Å². The largest absolute Gasteiger partial charge is 0.471 e. The van der Waals surface area contributed by atoms with Crippen LogP contribution in [0.1, 0.15) is 0 Å². The van der Waals surface area contributed by atoms with Gasteiger partial charge in [0.1, 0.15) is 5.69 Å². The molecule has 0 aliphatic rings. The molecule has 10 heteroatoms. The number of nitrogens with zero attached hydrogens (tertiary/aromatic N) is 3. The summed E-state index contributed by atoms with van der Waals surface area (Å²) in [4.78, 5) is 25.4. The summed E-state index contributed by atoms with van der Waals surface area (Å²) in [5.74, 6) is -2.19. The molecule has 0 bridgehead atoms. The highest BCUT2D eigenvalue weighted by atomic mass is 19.4. The van der Waals surface area contributed by atoms with E-state index < -0.39 is 22.7 Å². The van der Waals surface area contributed by atoms with Crippen molar-refractivity contribution in [2.75, 3.05) is 43.3 Å². The van der Waals surface area contributed by atoms with Crippen molar-refractivity contribution in [1.29, 1.82) is 0 Å². The van der Waals surface area contributed by atoms with Crippen molar-refractivity contribution in [3.05, 3.63) is 34.4 Å². The van der Waals surface area contributed by atoms with Crippen molar-refractivity contribution < 1.29 is 22.9 Å². The monoisotopic (exact) mass is 370 g/mol. The number of hydrogen-bond donors (Lipinski definition) is 1. The molecular weight excluding hydrogens is 353 g/mol. The van der Waals surface area contributed by atoms with Crippen LogP contribution in [0.15, 0.2) is 24.3 Å². The molecular formula is C16H17F3N4O3. The smallest absolute Gasteiger partial charge is 0.377 e. The van der Waals surface area contributed by atoms with Crippen molar-refractivity contribution in [2.24, 2.45) is 0 Å². The van der Waals surface area contributed by atoms with Crippen LogP contribution in [0, 0.1) is 10.1 Å². The molecule has 0 fully saturated rings. The van der Waals surface area contributed by atoms with Gasteiger partial charge in [0, 0.05) is 50.7 Å². The Labute approximate surface area is 147 Å². The number of anilines is 3. The second-order valence-electron chi connectivity index (χ2n) is 5.99. The van der Waals surface area contributed by atoms with Crippen molar-refractivity contribution >= 4 is 39.4 Å². The van der Waals surface area contributed by atoms with Crippen LogP contribution in [0.3, 0.4) is 0 Å². The zero-order valence-electron chi connectivity index (χ0n) is 14.5. The zero-order chi connectivity index (χ0) is 19.8. The number of amides is 1. The lowest BCUT2D eigenvalue weighted by atomic mass is 10.0. The van der Waals surface area contributed by atoms with Gasteiger partial charge in [-0.1, -0.05) is 12.1 Å². The average molecular weight is 370 g/mol. The lowest BCUT2D eigenvalue weighted by Crippen LogP contribution is -2.30. The number of carbonyl (C=O) groups is 1. The Bertz CT molecular complexity index is 879. The Morgan fingerprint density at radius 2 is 1.77 bits per heavy atom. The number of nitro groups is 1. The Balaban J connectivity index is 2.91. The molecule has 0 heterocycles. The molecule has 2 aromatic rings. The van der Waals surface area contributed by atoms with Gasteiger partial charge in [-0.2, -0.15) is 13.2 Å². The van der Waals surface area contributed by atoms with E-state index in [9.17, 15) is 28.1 Å². The summed E-state index contributed by atoms with van der Waals surface area (Å²) >= 11 is 0. The third kappa shape index (κ3) is 3.48. The Morgan fingerprint density at radius 3 is 2.23 bits per heavy atom. The number of nitrogens with one attached hydrogen (secondary N) is 1. The van der Waals surface area contributed by atoms with Crippen molar-refractivity contribution in [1.82, 2.24) is 0 Å². The first-order valence-corrected chi connectivity index (χ1v) is 7.42. The fourth-order valence-electron chi connectivity index (χ4n) is 2.69. The van der Waals surface area contributed by atoms with E-state index in [4.69, 9.17) is 0 Å². The fraction of sp³-hybridized carbons (Fsp3) is 0.312. The molecule has 0 spiro atoms. The van der Waals surface area contributed by atoms with E-state index >= 15 is 0 Å². The molecule has 0 saturated carbocycles. The predicted molar refractivity (Wildman–Crippen MR) is 93.9 cm³/mol. The van der Waals surface area contributed by atoms with Crippen molar-refractivity contribution in [3.63, 3.8) is 0 Å². The molecule has 26 heavy (non-hydrogen) atoms. The third-order valence-electron chi connectivity index (χ3n) is 3.72. The summed E-state index contributed by atoms with van der Waals surface area (Å²) in [6, 6.07) is 5.74. The summed E-state index contributed by atoms with van der Waals surface area (Å²) in [5, 5.41) is 13.9. The van der Waals surface area contributed by atoms with Crippen LogP contribution in [0.4, 0.5) is 35.9 Å². The minimum absolute atomic E-state index is 0.235. The molecule has 2 rings (SSSR count). The van der Waals surface area contributed by atoms with Crippen molar-refractivity contribution in [2.45, 2.75) is 6.18 Å². The van der Waals surface area contributed by atoms with E-state index in [0.717, 1.165) is 6.07 Å². The van der Waals surface area contributed by atoms with Crippen LogP contribution in [0.5, 0.6) is 0 Å². The summed E-state index contributed by atoms with van der Waals surface area (Å²) in [6.45, 7) is 0. The first kappa shape index (κ1) is 19.3. The minimum Gasteiger partial charge on any atom is -0.377 e. The number of nitro benzene ring substituents is 1. The number of rotatable bonds is 4. The van der Waals surface area contributed by atoms with Gasteiger partial charge in [-0.05, 0) is 6.07 Å². The number of carbonyl (C=O) groups excluding carboxylic acids is 1. The highest BCUT2D eigenvalue weighted by Gasteiger charge is 2.39. The van der Waals surface area contributed by atoms with E-state index in [1.807, 2.05) is 0 Å². The molecule has 0 saturated heterocycles. The summed E-state index contributed by atoms with van der Waals surface area (Å²) in [5.41, 5.74) is 0.120. The van der Waals surface area contributed by atoms with E-state index in [2.05, 4.69) is 0 Å². The van der Waals surface area contributed by atoms with Crippen LogP contribution >= 0.6 is 0 Å². The van der Waals surface area contributed by atoms with Gasteiger partial charge in [0.25, 0.3) is 5.69 Å². The highest BCUT2D eigenvalue weighted by Crippen LogP contribution is 2.44. The number of hydrogen-bond acceptors (Lipinski definition) is 5. The lowest BCUT2D eigenvalue weighted by molar-refractivity contribution is -0.383. The first-order chi connectivity index (χ1) is 11.9. The molecule has 0 aromatic heterocycles. The van der Waals surface area contributed by atoms with Gasteiger partial charge in [0.05, 0.1) is 10.6 Å². The molecule has 2 aromatic carbocycles. The van der Waals surface area contributed by atoms with E-state index in [0.29, 0.717) is 11.1 Å². The van der Waals surface area contributed by atoms with E-state index in [-0.39, 0.29) is 16.8 Å². The number of benzene rings is 2. The van der Waals surface area contributed by atoms with Gasteiger partial charge in [-0.15, -0.1) is 0 Å². The second-order valence-corrected chi connectivity index (χ2v) is 5.99. The molecule has 0 aliphatic heterocycles. The average Bonchev–Trinajstić information content (AvgIpc) is 2.52. The summed E-state index contributed by atoms with van der Waals surface area (Å²) < 4.78 is 37.9. The minimum atomic E-state index is -5.11. The Morgan fingerprint density at radius 1 is 1.15 bits per heavy atom. The van der Waals surface area contributed by atoms with Crippen molar-refractivity contribution in [3.8, 4) is 0 Å². The Kier molecular flexibility index (Phi) is 4.97. The van der Waals surface area contributed by atoms with Crippen LogP contribution < -0.4 is 15.1 Å². The third-order valence-corrected chi connectivity index (χ3v) is 3.72. The maximum absolute atomic E-state index is 12.6. The fourth-order valence-corrected chi connectivity index (χ4v) is 2.69. The normalized spacial score (nSPS) is 11.3. The van der Waals surface area contributed by atoms with E-state index in [1.165, 1.54) is 11.0 Å². The number of halogens is 3. The Hall–Kier alpha value is -3.04. The first-order valence-electron chi connectivity index (χ1n) is 7.42. The number of fused-ring (bicyclic) bond motifs is 1. The van der Waals surface area contributed by atoms with Gasteiger partial charge in [0.15, 0.2) is 0 Å². The van der Waals surface area contributed by atoms with Crippen LogP contribution in [0.2, 0.25) is 0 Å². The summed E-state index contributed by atoms with van der Waals surface area (Å²) in [7, 11) is 6.62. The van der Waals surface area contributed by atoms with Gasteiger partial charge >= 0.3 is 12.1 Å². The quantitative estimate of drug-likeness (QED) is 0.659. The second kappa shape index (κ2) is 6.70. The standard InChI is InChI=1S/C16H17F3N4O3/c1-21(2)11-7-5-6-9-10(20-15(24)16(17,18)19)8-12(23(25)26)14(13(9)11)22(3)4/h5-8H,1-4H3,(H,20,24). The lowest BCUT2D eigenvalue weighted by Gasteiger charge is -2.23. The maximum atomic E-state index is 12.6. The SMILES string of the molecule is CN(C)c1cccc2c(NC(=O)C(F)(F)F)cc([N+](=O)[O-])c(N(C)C)c12. The molecule has 7 nitrogen and oxygen atoms in total. The van der Waals surface area contributed by atoms with Crippen LogP contribution in [0.25, 0.3) is 10.8 Å². The summed E-state index contributed by atoms with van der Waals surface area (Å²) in [6.07, 6.45) is -5.11. The molecule has 0 aliphatic carbocycles. The highest BCUT2D eigenvalue weighted by molar-refractivity contribution is 6.15. The molecule has 0 unspecified atom stereocenters. The van der Waals surface area contributed by atoms with Gasteiger partial charge < -0.3 is 15.1 Å². The topological polar surface area (TPSA) is 78.7 Å². The maximum Gasteiger partial charge on any atom is 0.471 e. The van der Waals surface area contributed by atoms with Gasteiger partial charge in [0.2, 0.25) is 0 Å². The van der Waals surface area contributed by atoms with E-state index in [1.54, 1.807) is 50.5 Å². The van der Waals surface area contributed by atoms with Crippen LogP contribution in [-0.4, -0.2) is 45.2 Å². The number of alkyl halides is 3. The van der Waals surface area contributed by atoms with Crippen LogP contribution in [-0.2, 0) is 4.79 Å².